The minimum Gasteiger partial charge on any atom is -0.396 e. The summed E-state index contributed by atoms with van der Waals surface area (Å²) in [4.78, 5) is 0. The molecule has 0 amide bonds. The summed E-state index contributed by atoms with van der Waals surface area (Å²) in [6, 6.07) is 7.80. The fraction of sp³-hybridized carbons (Fsp3) is 0.538. The molecule has 0 bridgehead atoms. The highest BCUT2D eigenvalue weighted by Crippen LogP contribution is 2.32. The van der Waals surface area contributed by atoms with Crippen molar-refractivity contribution in [3.8, 4) is 0 Å². The molecule has 3 N–H and O–H groups in total. The Labute approximate surface area is 100 Å². The molecule has 3 atom stereocenters. The van der Waals surface area contributed by atoms with Gasteiger partial charge >= 0.3 is 0 Å². The first-order valence-electron chi connectivity index (χ1n) is 5.88. The molecule has 1 aliphatic rings. The monoisotopic (exact) mass is 238 g/mol. The van der Waals surface area contributed by atoms with Crippen LogP contribution in [0.5, 0.6) is 0 Å². The van der Waals surface area contributed by atoms with Crippen LogP contribution in [-0.2, 0) is 11.2 Å². The highest BCUT2D eigenvalue weighted by Gasteiger charge is 2.33. The normalized spacial score (nSPS) is 28.5. The summed E-state index contributed by atoms with van der Waals surface area (Å²) in [5.74, 6) is 0. The number of rotatable bonds is 4. The van der Waals surface area contributed by atoms with Crippen LogP contribution in [0, 0.1) is 0 Å². The molecule has 1 fully saturated rings. The minimum absolute atomic E-state index is 0.143. The summed E-state index contributed by atoms with van der Waals surface area (Å²) in [6.07, 6.45) is -0.0530. The van der Waals surface area contributed by atoms with Crippen molar-refractivity contribution in [3.63, 3.8) is 0 Å². The maximum atomic E-state index is 9.64. The van der Waals surface area contributed by atoms with Crippen molar-refractivity contribution in [2.75, 3.05) is 13.2 Å². The highest BCUT2D eigenvalue weighted by molar-refractivity contribution is 5.25. The van der Waals surface area contributed by atoms with Gasteiger partial charge in [0.05, 0.1) is 18.8 Å². The molecule has 0 aliphatic carbocycles. The van der Waals surface area contributed by atoms with Crippen molar-refractivity contribution in [3.05, 3.63) is 35.4 Å². The fourth-order valence-corrected chi connectivity index (χ4v) is 2.14. The predicted molar refractivity (Wildman–Crippen MR) is 62.6 cm³/mol. The van der Waals surface area contributed by atoms with Crippen molar-refractivity contribution in [2.45, 2.75) is 31.2 Å². The Morgan fingerprint density at radius 3 is 2.41 bits per heavy atom. The van der Waals surface area contributed by atoms with Crippen LogP contribution in [0.25, 0.3) is 0 Å². The van der Waals surface area contributed by atoms with E-state index in [1.165, 1.54) is 0 Å². The molecule has 1 aliphatic heterocycles. The Hall–Kier alpha value is -0.940. The quantitative estimate of drug-likeness (QED) is 0.710. The smallest absolute Gasteiger partial charge is 0.107 e. The van der Waals surface area contributed by atoms with Gasteiger partial charge in [0, 0.05) is 13.0 Å². The second kappa shape index (κ2) is 5.60. The fourth-order valence-electron chi connectivity index (χ4n) is 2.14. The molecule has 2 rings (SSSR count). The molecule has 4 nitrogen and oxygen atoms in total. The molecular formula is C13H18O4. The van der Waals surface area contributed by atoms with E-state index in [-0.39, 0.29) is 19.3 Å². The third-order valence-corrected chi connectivity index (χ3v) is 3.16. The molecule has 0 saturated carbocycles. The highest BCUT2D eigenvalue weighted by atomic mass is 16.5. The maximum Gasteiger partial charge on any atom is 0.107 e. The maximum absolute atomic E-state index is 9.64. The summed E-state index contributed by atoms with van der Waals surface area (Å²) in [5.41, 5.74) is 2.08. The minimum atomic E-state index is -0.595. The van der Waals surface area contributed by atoms with Crippen molar-refractivity contribution in [1.82, 2.24) is 0 Å². The van der Waals surface area contributed by atoms with Gasteiger partial charge in [-0.05, 0) is 17.5 Å². The van der Waals surface area contributed by atoms with E-state index in [0.29, 0.717) is 12.8 Å². The van der Waals surface area contributed by atoms with E-state index < -0.39 is 12.2 Å². The first-order valence-corrected chi connectivity index (χ1v) is 5.88. The lowest BCUT2D eigenvalue weighted by atomic mass is 10.0. The van der Waals surface area contributed by atoms with E-state index in [9.17, 15) is 5.11 Å². The van der Waals surface area contributed by atoms with Crippen LogP contribution in [0.1, 0.15) is 23.7 Å². The summed E-state index contributed by atoms with van der Waals surface area (Å²) < 4.78 is 5.56. The number of hydrogen-bond donors (Lipinski definition) is 3. The molecule has 1 heterocycles. The number of ether oxygens (including phenoxy) is 1. The zero-order valence-electron chi connectivity index (χ0n) is 9.62. The first-order chi connectivity index (χ1) is 8.24. The summed E-state index contributed by atoms with van der Waals surface area (Å²) >= 11 is 0. The van der Waals surface area contributed by atoms with E-state index in [4.69, 9.17) is 14.9 Å². The van der Waals surface area contributed by atoms with E-state index >= 15 is 0 Å². The van der Waals surface area contributed by atoms with E-state index in [0.717, 1.165) is 11.1 Å². The van der Waals surface area contributed by atoms with Crippen LogP contribution in [0.4, 0.5) is 0 Å². The summed E-state index contributed by atoms with van der Waals surface area (Å²) in [5, 5.41) is 27.5. The molecule has 4 heteroatoms. The standard InChI is InChI=1S/C13H18O4/c14-6-5-9-1-3-10(4-2-9)12-7-11(16)13(8-15)17-12/h1-4,11-16H,5-8H2/t11-,12?,13+/m0/s1. The number of aliphatic hydroxyl groups excluding tert-OH is 3. The van der Waals surface area contributed by atoms with Crippen LogP contribution in [-0.4, -0.2) is 40.7 Å². The van der Waals surface area contributed by atoms with Gasteiger partial charge in [-0.25, -0.2) is 0 Å². The number of benzene rings is 1. The van der Waals surface area contributed by atoms with E-state index in [1.807, 2.05) is 24.3 Å². The second-order valence-electron chi connectivity index (χ2n) is 4.36. The first kappa shape index (κ1) is 12.5. The predicted octanol–water partition coefficient (Wildman–Crippen LogP) is 0.405. The average Bonchev–Trinajstić information content (AvgIpc) is 2.72. The van der Waals surface area contributed by atoms with Crippen LogP contribution in [0.3, 0.4) is 0 Å². The second-order valence-corrected chi connectivity index (χ2v) is 4.36. The van der Waals surface area contributed by atoms with Crippen molar-refractivity contribution in [1.29, 1.82) is 0 Å². The van der Waals surface area contributed by atoms with Crippen molar-refractivity contribution < 1.29 is 20.1 Å². The van der Waals surface area contributed by atoms with E-state index in [2.05, 4.69) is 0 Å². The van der Waals surface area contributed by atoms with Gasteiger partial charge in [0.25, 0.3) is 0 Å². The molecule has 1 unspecified atom stereocenters. The number of hydrogen-bond acceptors (Lipinski definition) is 4. The summed E-state index contributed by atoms with van der Waals surface area (Å²) in [7, 11) is 0. The van der Waals surface area contributed by atoms with Gasteiger partial charge in [-0.1, -0.05) is 24.3 Å². The van der Waals surface area contributed by atoms with Gasteiger partial charge in [0.15, 0.2) is 0 Å². The van der Waals surface area contributed by atoms with Gasteiger partial charge in [0.2, 0.25) is 0 Å². The molecule has 1 saturated heterocycles. The van der Waals surface area contributed by atoms with Crippen LogP contribution in [0.15, 0.2) is 24.3 Å². The molecule has 17 heavy (non-hydrogen) atoms. The zero-order chi connectivity index (χ0) is 12.3. The Morgan fingerprint density at radius 1 is 1.18 bits per heavy atom. The number of aliphatic hydroxyl groups is 3. The van der Waals surface area contributed by atoms with Gasteiger partial charge in [-0.2, -0.15) is 0 Å². The van der Waals surface area contributed by atoms with Gasteiger partial charge in [0.1, 0.15) is 6.10 Å². The van der Waals surface area contributed by atoms with Crippen molar-refractivity contribution >= 4 is 0 Å². The SMILES string of the molecule is OCCc1ccc(C2C[C@H](O)[C@@H](CO)O2)cc1. The molecule has 0 aromatic heterocycles. The third-order valence-electron chi connectivity index (χ3n) is 3.16. The summed E-state index contributed by atoms with van der Waals surface area (Å²) in [6.45, 7) is -0.00909. The van der Waals surface area contributed by atoms with Crippen LogP contribution >= 0.6 is 0 Å². The van der Waals surface area contributed by atoms with Crippen LogP contribution < -0.4 is 0 Å². The molecule has 0 radical (unpaired) electrons. The van der Waals surface area contributed by atoms with Gasteiger partial charge < -0.3 is 20.1 Å². The van der Waals surface area contributed by atoms with Gasteiger partial charge in [-0.15, -0.1) is 0 Å². The van der Waals surface area contributed by atoms with E-state index in [1.54, 1.807) is 0 Å². The lowest BCUT2D eigenvalue weighted by molar-refractivity contribution is -0.0225. The molecule has 94 valence electrons. The Balaban J connectivity index is 2.03. The lowest BCUT2D eigenvalue weighted by Gasteiger charge is -2.12. The molecule has 1 aromatic rings. The third kappa shape index (κ3) is 2.84. The average molecular weight is 238 g/mol. The zero-order valence-corrected chi connectivity index (χ0v) is 9.62. The molecule has 1 aromatic carbocycles. The largest absolute Gasteiger partial charge is 0.396 e. The Morgan fingerprint density at radius 2 is 1.88 bits per heavy atom. The topological polar surface area (TPSA) is 69.9 Å². The molecule has 0 spiro atoms. The Bertz CT molecular complexity index is 349. The van der Waals surface area contributed by atoms with Gasteiger partial charge in [-0.3, -0.25) is 0 Å². The lowest BCUT2D eigenvalue weighted by Crippen LogP contribution is -2.24. The molecular weight excluding hydrogens is 220 g/mol. The van der Waals surface area contributed by atoms with Crippen molar-refractivity contribution in [2.24, 2.45) is 0 Å². The van der Waals surface area contributed by atoms with Crippen LogP contribution in [0.2, 0.25) is 0 Å². The Kier molecular flexibility index (Phi) is 4.12.